The molecule has 0 amide bonds. The lowest BCUT2D eigenvalue weighted by Crippen LogP contribution is -1.92. The lowest BCUT2D eigenvalue weighted by Gasteiger charge is -2.05. The number of benzene rings is 2. The van der Waals surface area contributed by atoms with Gasteiger partial charge in [0.25, 0.3) is 0 Å². The van der Waals surface area contributed by atoms with E-state index in [9.17, 15) is 4.39 Å². The number of hydrogen-bond donors (Lipinski definition) is 1. The van der Waals surface area contributed by atoms with Crippen LogP contribution in [0, 0.1) is 5.82 Å². The lowest BCUT2D eigenvalue weighted by atomic mass is 10.0. The summed E-state index contributed by atoms with van der Waals surface area (Å²) < 4.78 is 13.6. The fraction of sp³-hybridized carbons (Fsp3) is 0. The van der Waals surface area contributed by atoms with Gasteiger partial charge in [0.15, 0.2) is 5.82 Å². The first kappa shape index (κ1) is 9.99. The van der Waals surface area contributed by atoms with E-state index in [-0.39, 0.29) is 11.5 Å². The van der Waals surface area contributed by atoms with Crippen LogP contribution in [0.4, 0.5) is 10.1 Å². The Labute approximate surface area is 92.3 Å². The van der Waals surface area contributed by atoms with Gasteiger partial charge in [0, 0.05) is 10.6 Å². The summed E-state index contributed by atoms with van der Waals surface area (Å²) in [5.74, 6) is -0.389. The fourth-order valence-electron chi connectivity index (χ4n) is 1.40. The second-order valence-corrected chi connectivity index (χ2v) is 3.65. The molecule has 0 heterocycles. The number of rotatable bonds is 1. The second kappa shape index (κ2) is 3.91. The first-order chi connectivity index (χ1) is 7.18. The molecule has 0 aliphatic rings. The Kier molecular flexibility index (Phi) is 2.60. The Balaban J connectivity index is 2.54. The molecule has 0 fully saturated rings. The van der Waals surface area contributed by atoms with Crippen molar-refractivity contribution in [2.45, 2.75) is 0 Å². The summed E-state index contributed by atoms with van der Waals surface area (Å²) in [6.07, 6.45) is 0. The van der Waals surface area contributed by atoms with E-state index in [0.29, 0.717) is 10.6 Å². The molecule has 0 atom stereocenters. The minimum Gasteiger partial charge on any atom is -0.396 e. The molecule has 15 heavy (non-hydrogen) atoms. The SMILES string of the molecule is Nc1cccc(-c2ccc(Cl)cc2)c1F. The number of hydrogen-bond acceptors (Lipinski definition) is 1. The van der Waals surface area contributed by atoms with Gasteiger partial charge in [0.05, 0.1) is 5.69 Å². The third-order valence-electron chi connectivity index (χ3n) is 2.18. The Morgan fingerprint density at radius 2 is 1.67 bits per heavy atom. The van der Waals surface area contributed by atoms with E-state index in [0.717, 1.165) is 5.56 Å². The first-order valence-electron chi connectivity index (χ1n) is 4.48. The molecule has 2 rings (SSSR count). The summed E-state index contributed by atoms with van der Waals surface area (Å²) in [4.78, 5) is 0. The van der Waals surface area contributed by atoms with E-state index in [1.165, 1.54) is 6.07 Å². The molecule has 0 aliphatic carbocycles. The lowest BCUT2D eigenvalue weighted by molar-refractivity contribution is 0.636. The Hall–Kier alpha value is -1.54. The van der Waals surface area contributed by atoms with Crippen LogP contribution in [0.3, 0.4) is 0 Å². The van der Waals surface area contributed by atoms with Gasteiger partial charge in [-0.3, -0.25) is 0 Å². The highest BCUT2D eigenvalue weighted by Crippen LogP contribution is 2.26. The zero-order chi connectivity index (χ0) is 10.8. The fourth-order valence-corrected chi connectivity index (χ4v) is 1.53. The molecule has 0 spiro atoms. The van der Waals surface area contributed by atoms with Crippen molar-refractivity contribution >= 4 is 17.3 Å². The van der Waals surface area contributed by atoms with E-state index in [2.05, 4.69) is 0 Å². The zero-order valence-corrected chi connectivity index (χ0v) is 8.63. The van der Waals surface area contributed by atoms with E-state index in [1.807, 2.05) is 0 Å². The minimum absolute atomic E-state index is 0.155. The van der Waals surface area contributed by atoms with Crippen LogP contribution >= 0.6 is 11.6 Å². The molecule has 2 N–H and O–H groups in total. The Morgan fingerprint density at radius 1 is 1.00 bits per heavy atom. The van der Waals surface area contributed by atoms with Gasteiger partial charge in [-0.15, -0.1) is 0 Å². The topological polar surface area (TPSA) is 26.0 Å². The third kappa shape index (κ3) is 1.95. The highest BCUT2D eigenvalue weighted by molar-refractivity contribution is 6.30. The molecule has 2 aromatic rings. The van der Waals surface area contributed by atoms with Gasteiger partial charge in [0.2, 0.25) is 0 Å². The van der Waals surface area contributed by atoms with Crippen LogP contribution in [0.2, 0.25) is 5.02 Å². The smallest absolute Gasteiger partial charge is 0.153 e. The molecule has 1 nitrogen and oxygen atoms in total. The average molecular weight is 222 g/mol. The van der Waals surface area contributed by atoms with Gasteiger partial charge >= 0.3 is 0 Å². The number of nitrogens with two attached hydrogens (primary N) is 1. The predicted octanol–water partition coefficient (Wildman–Crippen LogP) is 3.73. The molecule has 0 radical (unpaired) electrons. The molecule has 0 aromatic heterocycles. The van der Waals surface area contributed by atoms with Gasteiger partial charge in [-0.05, 0) is 23.8 Å². The van der Waals surface area contributed by atoms with E-state index < -0.39 is 0 Å². The monoisotopic (exact) mass is 221 g/mol. The first-order valence-corrected chi connectivity index (χ1v) is 4.86. The molecule has 76 valence electrons. The van der Waals surface area contributed by atoms with Crippen molar-refractivity contribution in [3.8, 4) is 11.1 Å². The second-order valence-electron chi connectivity index (χ2n) is 3.22. The summed E-state index contributed by atoms with van der Waals surface area (Å²) >= 11 is 5.75. The minimum atomic E-state index is -0.389. The molecule has 0 unspecified atom stereocenters. The molecule has 2 aromatic carbocycles. The van der Waals surface area contributed by atoms with Crippen LogP contribution in [0.25, 0.3) is 11.1 Å². The van der Waals surface area contributed by atoms with E-state index in [1.54, 1.807) is 36.4 Å². The van der Waals surface area contributed by atoms with Crippen molar-refractivity contribution in [2.24, 2.45) is 0 Å². The van der Waals surface area contributed by atoms with Crippen molar-refractivity contribution in [3.05, 3.63) is 53.3 Å². The van der Waals surface area contributed by atoms with Gasteiger partial charge in [-0.1, -0.05) is 35.9 Å². The molecule has 0 aliphatic heterocycles. The molecule has 3 heteroatoms. The maximum absolute atomic E-state index is 13.6. The molecule has 0 saturated heterocycles. The van der Waals surface area contributed by atoms with Gasteiger partial charge < -0.3 is 5.73 Å². The molecular formula is C12H9ClFN. The number of nitrogen functional groups attached to an aromatic ring is 1. The number of halogens is 2. The highest BCUT2D eigenvalue weighted by atomic mass is 35.5. The van der Waals surface area contributed by atoms with Gasteiger partial charge in [0.1, 0.15) is 0 Å². The van der Waals surface area contributed by atoms with Crippen LogP contribution < -0.4 is 5.73 Å². The van der Waals surface area contributed by atoms with Crippen LogP contribution in [0.15, 0.2) is 42.5 Å². The highest BCUT2D eigenvalue weighted by Gasteiger charge is 2.06. The summed E-state index contributed by atoms with van der Waals surface area (Å²) in [5, 5.41) is 0.628. The average Bonchev–Trinajstić information content (AvgIpc) is 2.24. The quantitative estimate of drug-likeness (QED) is 0.730. The summed E-state index contributed by atoms with van der Waals surface area (Å²) in [6.45, 7) is 0. The van der Waals surface area contributed by atoms with Crippen LogP contribution in [-0.2, 0) is 0 Å². The van der Waals surface area contributed by atoms with Crippen molar-refractivity contribution in [1.29, 1.82) is 0 Å². The summed E-state index contributed by atoms with van der Waals surface area (Å²) in [6, 6.07) is 11.9. The standard InChI is InChI=1S/C12H9ClFN/c13-9-6-4-8(5-7-9)10-2-1-3-11(15)12(10)14/h1-7H,15H2. The number of anilines is 1. The predicted molar refractivity (Wildman–Crippen MR) is 61.3 cm³/mol. The van der Waals surface area contributed by atoms with Gasteiger partial charge in [-0.25, -0.2) is 4.39 Å². The Morgan fingerprint density at radius 3 is 2.33 bits per heavy atom. The van der Waals surface area contributed by atoms with Crippen molar-refractivity contribution in [1.82, 2.24) is 0 Å². The van der Waals surface area contributed by atoms with Crippen molar-refractivity contribution < 1.29 is 4.39 Å². The molecule has 0 bridgehead atoms. The maximum atomic E-state index is 13.6. The van der Waals surface area contributed by atoms with Crippen LogP contribution in [-0.4, -0.2) is 0 Å². The maximum Gasteiger partial charge on any atom is 0.153 e. The largest absolute Gasteiger partial charge is 0.396 e. The summed E-state index contributed by atoms with van der Waals surface area (Å²) in [7, 11) is 0. The third-order valence-corrected chi connectivity index (χ3v) is 2.44. The van der Waals surface area contributed by atoms with Crippen LogP contribution in [0.1, 0.15) is 0 Å². The zero-order valence-electron chi connectivity index (χ0n) is 7.87. The van der Waals surface area contributed by atoms with Crippen LogP contribution in [0.5, 0.6) is 0 Å². The summed E-state index contributed by atoms with van der Waals surface area (Å²) in [5.41, 5.74) is 6.90. The Bertz CT molecular complexity index is 479. The van der Waals surface area contributed by atoms with Crippen molar-refractivity contribution in [3.63, 3.8) is 0 Å². The molecule has 0 saturated carbocycles. The normalized spacial score (nSPS) is 10.3. The molecular weight excluding hydrogens is 213 g/mol. The van der Waals surface area contributed by atoms with Crippen molar-refractivity contribution in [2.75, 3.05) is 5.73 Å². The van der Waals surface area contributed by atoms with E-state index in [4.69, 9.17) is 17.3 Å². The van der Waals surface area contributed by atoms with E-state index >= 15 is 0 Å². The van der Waals surface area contributed by atoms with Gasteiger partial charge in [-0.2, -0.15) is 0 Å².